The summed E-state index contributed by atoms with van der Waals surface area (Å²) in [5, 5.41) is 13.0. The van der Waals surface area contributed by atoms with E-state index in [1.165, 1.54) is 29.0 Å². The van der Waals surface area contributed by atoms with Crippen LogP contribution in [-0.4, -0.2) is 75.8 Å². The number of aryl methyl sites for hydroxylation is 3. The molecule has 8 rings (SSSR count). The summed E-state index contributed by atoms with van der Waals surface area (Å²) in [6.45, 7) is 10.4. The van der Waals surface area contributed by atoms with Gasteiger partial charge >= 0.3 is 6.09 Å². The van der Waals surface area contributed by atoms with Crippen molar-refractivity contribution in [2.45, 2.75) is 69.5 Å². The largest absolute Gasteiger partial charge is 0.507 e. The van der Waals surface area contributed by atoms with Crippen LogP contribution in [0.2, 0.25) is 0 Å². The number of ketones is 1. The Labute approximate surface area is 335 Å². The van der Waals surface area contributed by atoms with Gasteiger partial charge in [0.05, 0.1) is 16.3 Å². The lowest BCUT2D eigenvalue weighted by molar-refractivity contribution is -0.121. The van der Waals surface area contributed by atoms with Crippen LogP contribution in [0.4, 0.5) is 4.79 Å². The van der Waals surface area contributed by atoms with Crippen molar-refractivity contribution in [1.29, 1.82) is 0 Å². The number of aromatic hydroxyl groups is 1. The van der Waals surface area contributed by atoms with Gasteiger partial charge in [0.25, 0.3) is 10.1 Å². The maximum Gasteiger partial charge on any atom is 0.410 e. The SMILES string of the molecule is CC(C)(C)OC(=O)N1CCC(=O)CC1.Cc1ccc(S(=O)(=O)O)cc1.Cn1ccc2c1-c1ccccc1OC21CCNCC1.Cn1cccc1-c1ccccc1O. The molecule has 2 fully saturated rings. The molecule has 0 saturated carbocycles. The zero-order valence-corrected chi connectivity index (χ0v) is 34.4. The smallest absolute Gasteiger partial charge is 0.410 e. The summed E-state index contributed by atoms with van der Waals surface area (Å²) < 4.78 is 45.4. The van der Waals surface area contributed by atoms with E-state index in [1.807, 2.05) is 75.8 Å². The third kappa shape index (κ3) is 11.1. The van der Waals surface area contributed by atoms with E-state index in [1.54, 1.807) is 23.1 Å². The van der Waals surface area contributed by atoms with Crippen LogP contribution in [-0.2, 0) is 39.3 Å². The first-order chi connectivity index (χ1) is 27.0. The van der Waals surface area contributed by atoms with Gasteiger partial charge in [-0.3, -0.25) is 9.35 Å². The predicted octanol–water partition coefficient (Wildman–Crippen LogP) is 7.89. The fourth-order valence-corrected chi connectivity index (χ4v) is 7.34. The number of ether oxygens (including phenoxy) is 2. The number of likely N-dealkylation sites (tertiary alicyclic amines) is 1. The second kappa shape index (κ2) is 18.3. The Balaban J connectivity index is 0.000000149. The molecule has 2 aromatic heterocycles. The van der Waals surface area contributed by atoms with Crippen LogP contribution in [0, 0.1) is 6.92 Å². The number of benzene rings is 3. The summed E-state index contributed by atoms with van der Waals surface area (Å²) in [5.41, 5.74) is 6.16. The highest BCUT2D eigenvalue weighted by molar-refractivity contribution is 7.85. The number of amides is 1. The van der Waals surface area contributed by atoms with Gasteiger partial charge < -0.3 is 33.9 Å². The lowest BCUT2D eigenvalue weighted by Crippen LogP contribution is -2.45. The highest BCUT2D eigenvalue weighted by atomic mass is 32.2. The Hall–Kier alpha value is -5.37. The van der Waals surface area contributed by atoms with Gasteiger partial charge in [0.2, 0.25) is 0 Å². The minimum absolute atomic E-state index is 0.0666. The molecular formula is C44H54N4O8S. The van der Waals surface area contributed by atoms with Crippen molar-refractivity contribution in [3.63, 3.8) is 0 Å². The number of carbonyl (C=O) groups excluding carboxylic acids is 2. The number of hydrogen-bond acceptors (Lipinski definition) is 8. The average Bonchev–Trinajstić information content (AvgIpc) is 3.78. The molecular weight excluding hydrogens is 745 g/mol. The van der Waals surface area contributed by atoms with E-state index < -0.39 is 15.7 Å². The maximum absolute atomic E-state index is 11.5. The standard InChI is InChI=1S/C16H18N2O.C11H11NO.C10H17NO3.C7H8O3S/c1-18-11-6-13-15(18)12-4-2-3-5-14(12)19-16(13)7-9-17-10-8-16;1-12-8-4-6-10(12)9-5-2-3-7-11(9)13;1-10(2,3)14-9(13)11-6-4-8(12)5-7-11;1-6-2-4-7(5-3-6)11(8,9)10/h2-6,11,17H,7-10H2,1H3;2-8,13H,1H3;4-7H2,1-3H3;2-5H,1H3,(H,8,9,10). The van der Waals surface area contributed by atoms with Crippen LogP contribution in [0.3, 0.4) is 0 Å². The van der Waals surface area contributed by atoms with Gasteiger partial charge in [-0.05, 0) is 95.4 Å². The summed E-state index contributed by atoms with van der Waals surface area (Å²) in [5.74, 6) is 1.58. The lowest BCUT2D eigenvalue weighted by atomic mass is 9.81. The van der Waals surface area contributed by atoms with Gasteiger partial charge in [0, 0.05) is 82.0 Å². The van der Waals surface area contributed by atoms with Gasteiger partial charge in [-0.25, -0.2) is 4.79 Å². The number of fused-ring (bicyclic) bond motifs is 4. The topological polar surface area (TPSA) is 152 Å². The molecule has 1 amide bonds. The third-order valence-corrected chi connectivity index (χ3v) is 10.7. The van der Waals surface area contributed by atoms with Crippen molar-refractivity contribution in [3.8, 4) is 34.0 Å². The molecule has 3 aliphatic heterocycles. The molecule has 2 saturated heterocycles. The van der Waals surface area contributed by atoms with Crippen molar-refractivity contribution in [1.82, 2.24) is 19.4 Å². The monoisotopic (exact) mass is 798 g/mol. The van der Waals surface area contributed by atoms with E-state index in [0.29, 0.717) is 31.7 Å². The number of rotatable bonds is 2. The normalized spacial score (nSPS) is 15.6. The Bertz CT molecular complexity index is 2240. The lowest BCUT2D eigenvalue weighted by Gasteiger charge is -2.42. The van der Waals surface area contributed by atoms with E-state index in [4.69, 9.17) is 14.0 Å². The van der Waals surface area contributed by atoms with Crippen molar-refractivity contribution >= 4 is 22.0 Å². The molecule has 3 N–H and O–H groups in total. The van der Waals surface area contributed by atoms with E-state index >= 15 is 0 Å². The van der Waals surface area contributed by atoms with Crippen LogP contribution < -0.4 is 10.1 Å². The summed E-state index contributed by atoms with van der Waals surface area (Å²) in [4.78, 5) is 24.0. The zero-order chi connectivity index (χ0) is 41.4. The van der Waals surface area contributed by atoms with E-state index in [9.17, 15) is 23.1 Å². The van der Waals surface area contributed by atoms with Crippen molar-refractivity contribution in [3.05, 3.63) is 115 Å². The quantitative estimate of drug-likeness (QED) is 0.152. The number of phenolic OH excluding ortho intramolecular Hbond substituents is 1. The number of hydrogen-bond donors (Lipinski definition) is 3. The molecule has 3 aliphatic rings. The number of piperidine rings is 2. The van der Waals surface area contributed by atoms with Gasteiger partial charge in [0.1, 0.15) is 28.5 Å². The Morgan fingerprint density at radius 3 is 2.02 bits per heavy atom. The Morgan fingerprint density at radius 2 is 1.44 bits per heavy atom. The fourth-order valence-electron chi connectivity index (χ4n) is 6.86. The number of para-hydroxylation sites is 2. The van der Waals surface area contributed by atoms with Crippen molar-refractivity contribution in [2.75, 3.05) is 26.2 Å². The second-order valence-corrected chi connectivity index (χ2v) is 16.8. The number of aromatic nitrogens is 2. The molecule has 0 aliphatic carbocycles. The molecule has 57 heavy (non-hydrogen) atoms. The number of nitrogens with zero attached hydrogens (tertiary/aromatic N) is 3. The van der Waals surface area contributed by atoms with Crippen LogP contribution in [0.25, 0.3) is 22.5 Å². The predicted molar refractivity (Wildman–Crippen MR) is 221 cm³/mol. The molecule has 13 heteroatoms. The second-order valence-electron chi connectivity index (χ2n) is 15.3. The van der Waals surface area contributed by atoms with Gasteiger partial charge in [-0.2, -0.15) is 8.42 Å². The molecule has 0 unspecified atom stereocenters. The summed E-state index contributed by atoms with van der Waals surface area (Å²) in [6, 6.07) is 27.9. The highest BCUT2D eigenvalue weighted by Gasteiger charge is 2.43. The Kier molecular flexibility index (Phi) is 13.7. The molecule has 5 heterocycles. The van der Waals surface area contributed by atoms with Crippen LogP contribution >= 0.6 is 0 Å². The van der Waals surface area contributed by atoms with E-state index in [0.717, 1.165) is 48.5 Å². The molecule has 0 radical (unpaired) electrons. The molecule has 0 atom stereocenters. The van der Waals surface area contributed by atoms with Crippen LogP contribution in [0.1, 0.15) is 57.6 Å². The van der Waals surface area contributed by atoms with Gasteiger partial charge in [-0.1, -0.05) is 42.0 Å². The summed E-state index contributed by atoms with van der Waals surface area (Å²) >= 11 is 0. The molecule has 304 valence electrons. The zero-order valence-electron chi connectivity index (χ0n) is 33.6. The first kappa shape index (κ1) is 42.8. The summed E-state index contributed by atoms with van der Waals surface area (Å²) in [6.07, 6.45) is 6.79. The van der Waals surface area contributed by atoms with Crippen molar-refractivity contribution < 1.29 is 37.1 Å². The van der Waals surface area contributed by atoms with E-state index in [-0.39, 0.29) is 22.4 Å². The van der Waals surface area contributed by atoms with Gasteiger partial charge in [-0.15, -0.1) is 0 Å². The first-order valence-electron chi connectivity index (χ1n) is 19.1. The van der Waals surface area contributed by atoms with Crippen LogP contribution in [0.5, 0.6) is 11.5 Å². The molecule has 1 spiro atoms. The van der Waals surface area contributed by atoms with Crippen LogP contribution in [0.15, 0.2) is 108 Å². The Morgan fingerprint density at radius 1 is 0.825 bits per heavy atom. The van der Waals surface area contributed by atoms with Crippen molar-refractivity contribution in [2.24, 2.45) is 14.1 Å². The average molecular weight is 799 g/mol. The maximum atomic E-state index is 11.5. The molecule has 0 bridgehead atoms. The number of Topliss-reactive ketones (excluding diaryl/α,β-unsaturated/α-hetero) is 1. The molecule has 12 nitrogen and oxygen atoms in total. The minimum Gasteiger partial charge on any atom is -0.507 e. The van der Waals surface area contributed by atoms with Gasteiger partial charge in [0.15, 0.2) is 0 Å². The molecule has 5 aromatic rings. The summed E-state index contributed by atoms with van der Waals surface area (Å²) in [7, 11) is 0.0613. The first-order valence-corrected chi connectivity index (χ1v) is 20.5. The highest BCUT2D eigenvalue weighted by Crippen LogP contribution is 2.49. The molecule has 3 aromatic carbocycles. The number of nitrogens with one attached hydrogen (secondary N) is 1. The fraction of sp³-hybridized carbons (Fsp3) is 0.364. The number of carbonyl (C=O) groups is 2. The number of phenols is 1. The minimum atomic E-state index is -4.02. The third-order valence-electron chi connectivity index (χ3n) is 9.84. The van der Waals surface area contributed by atoms with E-state index in [2.05, 4.69) is 53.5 Å².